The van der Waals surface area contributed by atoms with Crippen LogP contribution in [0.2, 0.25) is 0 Å². The lowest BCUT2D eigenvalue weighted by Gasteiger charge is -2.17. The first-order chi connectivity index (χ1) is 9.65. The monoisotopic (exact) mass is 292 g/mol. The molecule has 0 spiro atoms. The van der Waals surface area contributed by atoms with Crippen LogP contribution in [0.3, 0.4) is 0 Å². The molecule has 0 unspecified atom stereocenters. The molecular weight excluding hydrogens is 272 g/mol. The normalized spacial score (nSPS) is 17.1. The predicted octanol–water partition coefficient (Wildman–Crippen LogP) is 3.46. The number of amides is 1. The molecule has 1 N–H and O–H groups in total. The van der Waals surface area contributed by atoms with E-state index in [0.717, 1.165) is 30.7 Å². The van der Waals surface area contributed by atoms with Crippen molar-refractivity contribution in [2.75, 3.05) is 5.32 Å². The number of hydrogen-bond acceptors (Lipinski definition) is 5. The van der Waals surface area contributed by atoms with E-state index in [1.165, 1.54) is 11.3 Å². The Bertz CT molecular complexity index is 509. The van der Waals surface area contributed by atoms with Crippen LogP contribution in [0.5, 0.6) is 0 Å². The van der Waals surface area contributed by atoms with Gasteiger partial charge in [-0.3, -0.25) is 10.1 Å². The molecule has 0 bridgehead atoms. The summed E-state index contributed by atoms with van der Waals surface area (Å²) < 4.78 is 0. The molecule has 1 saturated carbocycles. The highest BCUT2D eigenvalue weighted by atomic mass is 32.1. The first-order valence-electron chi connectivity index (χ1n) is 7.21. The molecule has 1 aromatic rings. The minimum atomic E-state index is -0.860. The van der Waals surface area contributed by atoms with E-state index < -0.39 is 5.41 Å². The largest absolute Gasteiger partial charge is 0.299 e. The summed E-state index contributed by atoms with van der Waals surface area (Å²) in [5.41, 5.74) is -0.860. The van der Waals surface area contributed by atoms with Gasteiger partial charge in [0.15, 0.2) is 0 Å². The quantitative estimate of drug-likeness (QED) is 0.901. The fraction of sp³-hybridized carbons (Fsp3) is 0.714. The molecule has 0 aromatic carbocycles. The van der Waals surface area contributed by atoms with Crippen LogP contribution < -0.4 is 5.32 Å². The minimum absolute atomic E-state index is 0.218. The van der Waals surface area contributed by atoms with Crippen molar-refractivity contribution < 1.29 is 4.79 Å². The lowest BCUT2D eigenvalue weighted by molar-refractivity contribution is -0.122. The Morgan fingerprint density at radius 2 is 2.05 bits per heavy atom. The smallest absolute Gasteiger partial charge is 0.246 e. The Balaban J connectivity index is 2.07. The summed E-state index contributed by atoms with van der Waals surface area (Å²) in [4.78, 5) is 12.3. The molecule has 108 valence electrons. The lowest BCUT2D eigenvalue weighted by Crippen LogP contribution is -2.32. The van der Waals surface area contributed by atoms with E-state index in [-0.39, 0.29) is 5.91 Å². The Morgan fingerprint density at radius 3 is 2.60 bits per heavy atom. The highest BCUT2D eigenvalue weighted by molar-refractivity contribution is 7.15. The molecule has 0 atom stereocenters. The number of nitrogens with one attached hydrogen (secondary N) is 1. The van der Waals surface area contributed by atoms with Gasteiger partial charge >= 0.3 is 0 Å². The second-order valence-electron chi connectivity index (χ2n) is 5.31. The summed E-state index contributed by atoms with van der Waals surface area (Å²) in [7, 11) is 0. The van der Waals surface area contributed by atoms with Gasteiger partial charge in [-0.05, 0) is 25.7 Å². The molecule has 5 nitrogen and oxygen atoms in total. The van der Waals surface area contributed by atoms with Crippen LogP contribution in [-0.2, 0) is 4.79 Å². The molecule has 2 rings (SSSR count). The van der Waals surface area contributed by atoms with E-state index in [1.807, 2.05) is 0 Å². The van der Waals surface area contributed by atoms with Gasteiger partial charge in [0, 0.05) is 5.92 Å². The van der Waals surface area contributed by atoms with Gasteiger partial charge < -0.3 is 0 Å². The Kier molecular flexibility index (Phi) is 4.71. The average Bonchev–Trinajstić information content (AvgIpc) is 3.10. The van der Waals surface area contributed by atoms with Crippen molar-refractivity contribution in [3.63, 3.8) is 0 Å². The molecule has 6 heteroatoms. The number of carbonyl (C=O) groups excluding carboxylic acids is 1. The second kappa shape index (κ2) is 6.31. The van der Waals surface area contributed by atoms with Gasteiger partial charge in [-0.2, -0.15) is 5.26 Å². The van der Waals surface area contributed by atoms with E-state index in [2.05, 4.69) is 35.4 Å². The fourth-order valence-corrected chi connectivity index (χ4v) is 3.68. The number of rotatable bonds is 5. The number of carbonyl (C=O) groups is 1. The Labute approximate surface area is 123 Å². The number of nitriles is 1. The second-order valence-corrected chi connectivity index (χ2v) is 6.32. The zero-order valence-electron chi connectivity index (χ0n) is 12.0. The lowest BCUT2D eigenvalue weighted by atomic mass is 9.87. The molecule has 1 fully saturated rings. The van der Waals surface area contributed by atoms with E-state index in [0.29, 0.717) is 23.9 Å². The van der Waals surface area contributed by atoms with Gasteiger partial charge in [0.25, 0.3) is 0 Å². The number of nitrogens with zero attached hydrogens (tertiary/aromatic N) is 3. The average molecular weight is 292 g/mol. The topological polar surface area (TPSA) is 78.7 Å². The highest BCUT2D eigenvalue weighted by Crippen LogP contribution is 2.39. The van der Waals surface area contributed by atoms with Crippen LogP contribution in [-0.4, -0.2) is 16.1 Å². The van der Waals surface area contributed by atoms with Crippen molar-refractivity contribution in [1.29, 1.82) is 5.26 Å². The third-order valence-corrected chi connectivity index (χ3v) is 5.10. The summed E-state index contributed by atoms with van der Waals surface area (Å²) in [6.07, 6.45) is 5.20. The number of anilines is 1. The summed E-state index contributed by atoms with van der Waals surface area (Å²) >= 11 is 1.42. The molecule has 1 aliphatic carbocycles. The highest BCUT2D eigenvalue weighted by Gasteiger charge is 2.41. The van der Waals surface area contributed by atoms with Gasteiger partial charge in [-0.1, -0.05) is 38.0 Å². The molecule has 1 heterocycles. The van der Waals surface area contributed by atoms with Crippen LogP contribution >= 0.6 is 11.3 Å². The van der Waals surface area contributed by atoms with Gasteiger partial charge in [-0.15, -0.1) is 10.2 Å². The molecule has 1 aliphatic rings. The number of aromatic nitrogens is 2. The number of hydrogen-bond donors (Lipinski definition) is 1. The van der Waals surface area contributed by atoms with Crippen LogP contribution in [0.4, 0.5) is 5.13 Å². The first kappa shape index (κ1) is 14.9. The molecular formula is C14H20N4OS. The minimum Gasteiger partial charge on any atom is -0.299 e. The van der Waals surface area contributed by atoms with Gasteiger partial charge in [0.05, 0.1) is 6.07 Å². The molecule has 0 saturated heterocycles. The summed E-state index contributed by atoms with van der Waals surface area (Å²) in [6, 6.07) is 2.19. The van der Waals surface area contributed by atoms with E-state index in [4.69, 9.17) is 0 Å². The van der Waals surface area contributed by atoms with Gasteiger partial charge in [0.1, 0.15) is 10.4 Å². The van der Waals surface area contributed by atoms with Gasteiger partial charge in [0.2, 0.25) is 11.0 Å². The standard InChI is InChI=1S/C14H20N4OS/c1-3-10(4-2)11-17-18-13(20-11)16-12(19)14(9-15)7-5-6-8-14/h10H,3-8H2,1-2H3,(H,16,18,19). The van der Waals surface area contributed by atoms with Crippen LogP contribution in [0.15, 0.2) is 0 Å². The third-order valence-electron chi connectivity index (χ3n) is 4.10. The maximum Gasteiger partial charge on any atom is 0.246 e. The summed E-state index contributed by atoms with van der Waals surface area (Å²) in [5, 5.41) is 21.7. The molecule has 20 heavy (non-hydrogen) atoms. The fourth-order valence-electron chi connectivity index (χ4n) is 2.67. The van der Waals surface area contributed by atoms with Crippen molar-refractivity contribution in [1.82, 2.24) is 10.2 Å². The third kappa shape index (κ3) is 2.83. The van der Waals surface area contributed by atoms with Crippen molar-refractivity contribution >= 4 is 22.4 Å². The van der Waals surface area contributed by atoms with Crippen molar-refractivity contribution in [3.8, 4) is 6.07 Å². The summed E-state index contributed by atoms with van der Waals surface area (Å²) in [6.45, 7) is 4.24. The van der Waals surface area contributed by atoms with Crippen molar-refractivity contribution in [2.45, 2.75) is 58.3 Å². The molecule has 0 aliphatic heterocycles. The zero-order valence-corrected chi connectivity index (χ0v) is 12.8. The van der Waals surface area contributed by atoms with E-state index in [9.17, 15) is 10.1 Å². The van der Waals surface area contributed by atoms with Crippen molar-refractivity contribution in [2.24, 2.45) is 5.41 Å². The molecule has 1 aromatic heterocycles. The predicted molar refractivity (Wildman–Crippen MR) is 78.4 cm³/mol. The zero-order chi connectivity index (χ0) is 14.6. The van der Waals surface area contributed by atoms with Crippen LogP contribution in [0.25, 0.3) is 0 Å². The molecule has 0 radical (unpaired) electrons. The van der Waals surface area contributed by atoms with Gasteiger partial charge in [-0.25, -0.2) is 0 Å². The van der Waals surface area contributed by atoms with E-state index in [1.54, 1.807) is 0 Å². The van der Waals surface area contributed by atoms with Crippen molar-refractivity contribution in [3.05, 3.63) is 5.01 Å². The molecule has 1 amide bonds. The van der Waals surface area contributed by atoms with E-state index >= 15 is 0 Å². The summed E-state index contributed by atoms with van der Waals surface area (Å²) in [5.74, 6) is 0.180. The SMILES string of the molecule is CCC(CC)c1nnc(NC(=O)C2(C#N)CCCC2)s1. The van der Waals surface area contributed by atoms with Crippen LogP contribution in [0, 0.1) is 16.7 Å². The maximum absolute atomic E-state index is 12.3. The first-order valence-corrected chi connectivity index (χ1v) is 8.03. The van der Waals surface area contributed by atoms with Crippen LogP contribution in [0.1, 0.15) is 63.3 Å². The Hall–Kier alpha value is -1.48. The Morgan fingerprint density at radius 1 is 1.40 bits per heavy atom. The maximum atomic E-state index is 12.3.